The van der Waals surface area contributed by atoms with Crippen LogP contribution in [0.2, 0.25) is 0 Å². The van der Waals surface area contributed by atoms with Gasteiger partial charge in [0, 0.05) is 4.90 Å². The van der Waals surface area contributed by atoms with Crippen molar-refractivity contribution < 1.29 is 22.2 Å². The maximum Gasteiger partial charge on any atom is 0.324 e. The number of rotatable bonds is 8. The number of sulfonamides is 1. The summed E-state index contributed by atoms with van der Waals surface area (Å²) in [5, 5.41) is -1.33. The summed E-state index contributed by atoms with van der Waals surface area (Å²) in [6.45, 7) is 8.90. The summed E-state index contributed by atoms with van der Waals surface area (Å²) in [5.41, 5.74) is 1.53. The Hall–Kier alpha value is -2.81. The molecule has 0 aromatic heterocycles. The Morgan fingerprint density at radius 2 is 1.37 bits per heavy atom. The SMILES string of the molecule is Cc1ccc(S(=O)[C@@H](C(=O)OC(C)(C)C)[C@H](NS(=O)(=O)c2ccc(C)cc2)c2ccccc2)cc1. The van der Waals surface area contributed by atoms with Crippen LogP contribution in [-0.4, -0.2) is 29.4 Å². The summed E-state index contributed by atoms with van der Waals surface area (Å²) in [7, 11) is -5.98. The Bertz CT molecular complexity index is 1280. The number of aryl methyl sites for hydroxylation is 2. The van der Waals surface area contributed by atoms with E-state index in [1.807, 2.05) is 13.8 Å². The van der Waals surface area contributed by atoms with Crippen molar-refractivity contribution in [3.05, 3.63) is 95.6 Å². The Labute approximate surface area is 210 Å². The lowest BCUT2D eigenvalue weighted by Gasteiger charge is -2.29. The molecule has 0 saturated heterocycles. The van der Waals surface area contributed by atoms with Crippen LogP contribution in [0, 0.1) is 13.8 Å². The van der Waals surface area contributed by atoms with Gasteiger partial charge in [-0.15, -0.1) is 0 Å². The molecule has 0 bridgehead atoms. The van der Waals surface area contributed by atoms with E-state index in [2.05, 4.69) is 4.72 Å². The van der Waals surface area contributed by atoms with Crippen molar-refractivity contribution in [2.45, 2.75) is 61.3 Å². The summed E-state index contributed by atoms with van der Waals surface area (Å²) in [6, 6.07) is 20.9. The van der Waals surface area contributed by atoms with Gasteiger partial charge < -0.3 is 4.74 Å². The molecule has 0 aliphatic heterocycles. The van der Waals surface area contributed by atoms with Gasteiger partial charge in [0.1, 0.15) is 5.60 Å². The molecule has 3 rings (SSSR count). The first-order chi connectivity index (χ1) is 16.4. The largest absolute Gasteiger partial charge is 0.459 e. The molecule has 0 aliphatic carbocycles. The molecule has 1 N–H and O–H groups in total. The second kappa shape index (κ2) is 10.8. The first kappa shape index (κ1) is 26.8. The van der Waals surface area contributed by atoms with Crippen molar-refractivity contribution >= 4 is 26.8 Å². The lowest BCUT2D eigenvalue weighted by atomic mass is 10.0. The normalized spacial score (nSPS) is 14.7. The number of nitrogens with one attached hydrogen (secondary N) is 1. The van der Waals surface area contributed by atoms with E-state index in [4.69, 9.17) is 4.74 Å². The van der Waals surface area contributed by atoms with Crippen molar-refractivity contribution in [3.63, 3.8) is 0 Å². The maximum absolute atomic E-state index is 13.8. The van der Waals surface area contributed by atoms with Crippen LogP contribution >= 0.6 is 0 Å². The summed E-state index contributed by atoms with van der Waals surface area (Å²) < 4.78 is 48.9. The Balaban J connectivity index is 2.13. The van der Waals surface area contributed by atoms with Crippen LogP contribution in [-0.2, 0) is 30.4 Å². The Kier molecular flexibility index (Phi) is 8.30. The molecule has 8 heteroatoms. The summed E-state index contributed by atoms with van der Waals surface area (Å²) >= 11 is 0. The van der Waals surface area contributed by atoms with Crippen LogP contribution in [0.15, 0.2) is 88.7 Å². The second-order valence-corrected chi connectivity index (χ2v) is 12.7. The standard InChI is InChI=1S/C27H31NO5S2/c1-19-11-15-22(16-12-19)34(30)25(26(29)33-27(3,4)5)24(21-9-7-6-8-10-21)28-35(31,32)23-17-13-20(2)14-18-23/h6-18,24-25,28H,1-5H3/t24-,25-,34?/m1/s1. The number of benzene rings is 3. The zero-order valence-corrected chi connectivity index (χ0v) is 22.2. The lowest BCUT2D eigenvalue weighted by molar-refractivity contribution is -0.154. The van der Waals surface area contributed by atoms with Gasteiger partial charge in [0.05, 0.1) is 21.7 Å². The summed E-state index contributed by atoms with van der Waals surface area (Å²) in [4.78, 5) is 13.9. The molecule has 186 valence electrons. The number of ether oxygens (including phenoxy) is 1. The van der Waals surface area contributed by atoms with Crippen LogP contribution in [0.3, 0.4) is 0 Å². The topological polar surface area (TPSA) is 89.5 Å². The zero-order valence-electron chi connectivity index (χ0n) is 20.5. The molecule has 0 amide bonds. The van der Waals surface area contributed by atoms with E-state index in [0.29, 0.717) is 10.5 Å². The third-order valence-corrected chi connectivity index (χ3v) is 8.32. The number of carbonyl (C=O) groups excluding carboxylic acids is 1. The van der Waals surface area contributed by atoms with Crippen LogP contribution in [0.5, 0.6) is 0 Å². The highest BCUT2D eigenvalue weighted by Crippen LogP contribution is 2.29. The minimum Gasteiger partial charge on any atom is -0.459 e. The van der Waals surface area contributed by atoms with Crippen LogP contribution in [0.4, 0.5) is 0 Å². The quantitative estimate of drug-likeness (QED) is 0.435. The number of hydrogen-bond acceptors (Lipinski definition) is 5. The van der Waals surface area contributed by atoms with Gasteiger partial charge in [-0.25, -0.2) is 13.1 Å². The van der Waals surface area contributed by atoms with E-state index >= 15 is 0 Å². The predicted molar refractivity (Wildman–Crippen MR) is 138 cm³/mol. The third kappa shape index (κ3) is 7.10. The van der Waals surface area contributed by atoms with E-state index in [1.54, 1.807) is 87.5 Å². The fourth-order valence-electron chi connectivity index (χ4n) is 3.44. The third-order valence-electron chi connectivity index (χ3n) is 5.20. The van der Waals surface area contributed by atoms with Gasteiger partial charge in [-0.2, -0.15) is 0 Å². The Morgan fingerprint density at radius 1 is 0.857 bits per heavy atom. The van der Waals surface area contributed by atoms with Crippen molar-refractivity contribution in [2.75, 3.05) is 0 Å². The van der Waals surface area contributed by atoms with E-state index in [9.17, 15) is 17.4 Å². The van der Waals surface area contributed by atoms with Gasteiger partial charge in [-0.3, -0.25) is 9.00 Å². The molecule has 3 aromatic rings. The molecule has 0 spiro atoms. The molecule has 6 nitrogen and oxygen atoms in total. The highest BCUT2D eigenvalue weighted by Gasteiger charge is 2.41. The van der Waals surface area contributed by atoms with Gasteiger partial charge >= 0.3 is 5.97 Å². The fraction of sp³-hybridized carbons (Fsp3) is 0.296. The molecule has 3 aromatic carbocycles. The van der Waals surface area contributed by atoms with Gasteiger partial charge in [-0.05, 0) is 64.4 Å². The first-order valence-corrected chi connectivity index (χ1v) is 13.9. The minimum absolute atomic E-state index is 0.0492. The van der Waals surface area contributed by atoms with Crippen LogP contribution < -0.4 is 4.72 Å². The monoisotopic (exact) mass is 513 g/mol. The highest BCUT2D eigenvalue weighted by molar-refractivity contribution is 7.89. The average Bonchev–Trinajstić information content (AvgIpc) is 2.78. The Morgan fingerprint density at radius 3 is 1.89 bits per heavy atom. The molecule has 0 fully saturated rings. The smallest absolute Gasteiger partial charge is 0.324 e. The van der Waals surface area contributed by atoms with Gasteiger partial charge in [-0.1, -0.05) is 65.7 Å². The number of carbonyl (C=O) groups is 1. The number of hydrogen-bond donors (Lipinski definition) is 1. The van der Waals surface area contributed by atoms with Crippen molar-refractivity contribution in [3.8, 4) is 0 Å². The van der Waals surface area contributed by atoms with E-state index in [-0.39, 0.29) is 4.90 Å². The molecule has 0 heterocycles. The molecule has 35 heavy (non-hydrogen) atoms. The maximum atomic E-state index is 13.8. The van der Waals surface area contributed by atoms with Crippen molar-refractivity contribution in [1.29, 1.82) is 0 Å². The minimum atomic E-state index is -4.06. The zero-order chi connectivity index (χ0) is 25.8. The van der Waals surface area contributed by atoms with Crippen molar-refractivity contribution in [1.82, 2.24) is 4.72 Å². The molecule has 1 unspecified atom stereocenters. The van der Waals surface area contributed by atoms with Gasteiger partial charge in [0.25, 0.3) is 0 Å². The molecule has 0 radical (unpaired) electrons. The van der Waals surface area contributed by atoms with Gasteiger partial charge in [0.15, 0.2) is 5.25 Å². The first-order valence-electron chi connectivity index (χ1n) is 11.2. The molecule has 0 saturated carbocycles. The van der Waals surface area contributed by atoms with E-state index in [1.165, 1.54) is 12.1 Å². The summed E-state index contributed by atoms with van der Waals surface area (Å²) in [6.07, 6.45) is 0. The molecular formula is C27H31NO5S2. The predicted octanol–water partition coefficient (Wildman–Crippen LogP) is 4.84. The molecule has 0 aliphatic rings. The van der Waals surface area contributed by atoms with Gasteiger partial charge in [0.2, 0.25) is 10.0 Å². The van der Waals surface area contributed by atoms with E-state index < -0.39 is 43.7 Å². The van der Waals surface area contributed by atoms with E-state index in [0.717, 1.165) is 11.1 Å². The highest BCUT2D eigenvalue weighted by atomic mass is 32.2. The lowest BCUT2D eigenvalue weighted by Crippen LogP contribution is -2.45. The summed E-state index contributed by atoms with van der Waals surface area (Å²) in [5.74, 6) is -0.753. The van der Waals surface area contributed by atoms with Crippen molar-refractivity contribution in [2.24, 2.45) is 0 Å². The molecular weight excluding hydrogens is 482 g/mol. The molecule has 3 atom stereocenters. The average molecular weight is 514 g/mol. The van der Waals surface area contributed by atoms with Crippen LogP contribution in [0.25, 0.3) is 0 Å². The fourth-order valence-corrected chi connectivity index (χ4v) is 6.16. The van der Waals surface area contributed by atoms with Crippen LogP contribution in [0.1, 0.15) is 43.5 Å². The number of esters is 1. The second-order valence-electron chi connectivity index (χ2n) is 9.39.